The maximum absolute atomic E-state index is 11.9. The van der Waals surface area contributed by atoms with Gasteiger partial charge in [0.15, 0.2) is 0 Å². The van der Waals surface area contributed by atoms with Crippen molar-refractivity contribution in [1.82, 2.24) is 0 Å². The Bertz CT molecular complexity index is 683. The second-order valence-corrected chi connectivity index (χ2v) is 4.89. The second-order valence-electron chi connectivity index (χ2n) is 4.48. The molecule has 2 aromatic carbocycles. The Morgan fingerprint density at radius 2 is 1.90 bits per heavy atom. The Morgan fingerprint density at radius 1 is 1.24 bits per heavy atom. The van der Waals surface area contributed by atoms with Gasteiger partial charge in [0.25, 0.3) is 5.69 Å². The summed E-state index contributed by atoms with van der Waals surface area (Å²) < 4.78 is 5.14. The van der Waals surface area contributed by atoms with E-state index in [4.69, 9.17) is 16.3 Å². The predicted molar refractivity (Wildman–Crippen MR) is 78.4 cm³/mol. The minimum atomic E-state index is -0.615. The molecule has 6 heteroatoms. The van der Waals surface area contributed by atoms with Gasteiger partial charge in [-0.3, -0.25) is 10.1 Å². The van der Waals surface area contributed by atoms with E-state index in [0.29, 0.717) is 0 Å². The summed E-state index contributed by atoms with van der Waals surface area (Å²) in [6.45, 7) is 2.08. The fourth-order valence-electron chi connectivity index (χ4n) is 1.69. The summed E-state index contributed by atoms with van der Waals surface area (Å²) in [5.74, 6) is -0.615. The van der Waals surface area contributed by atoms with Crippen molar-refractivity contribution in [3.63, 3.8) is 0 Å². The van der Waals surface area contributed by atoms with Gasteiger partial charge in [0.2, 0.25) is 0 Å². The first kappa shape index (κ1) is 15.0. The third-order valence-electron chi connectivity index (χ3n) is 2.87. The molecular weight excluding hydrogens is 294 g/mol. The maximum Gasteiger partial charge on any atom is 0.339 e. The number of esters is 1. The lowest BCUT2D eigenvalue weighted by Crippen LogP contribution is -2.06. The number of hydrogen-bond acceptors (Lipinski definition) is 4. The Kier molecular flexibility index (Phi) is 4.55. The first-order valence-electron chi connectivity index (χ1n) is 6.14. The summed E-state index contributed by atoms with van der Waals surface area (Å²) in [4.78, 5) is 21.9. The molecule has 2 aromatic rings. The van der Waals surface area contributed by atoms with Crippen molar-refractivity contribution in [3.8, 4) is 0 Å². The van der Waals surface area contributed by atoms with Crippen LogP contribution in [-0.4, -0.2) is 10.9 Å². The highest BCUT2D eigenvalue weighted by Gasteiger charge is 2.16. The van der Waals surface area contributed by atoms with E-state index in [9.17, 15) is 14.9 Å². The third-order valence-corrected chi connectivity index (χ3v) is 3.19. The Morgan fingerprint density at radius 3 is 2.48 bits per heavy atom. The number of nitrogens with zero attached hydrogens (tertiary/aromatic N) is 1. The lowest BCUT2D eigenvalue weighted by atomic mass is 10.1. The van der Waals surface area contributed by atoms with Gasteiger partial charge in [0, 0.05) is 12.1 Å². The first-order chi connectivity index (χ1) is 9.97. The van der Waals surface area contributed by atoms with E-state index in [-0.39, 0.29) is 22.9 Å². The molecule has 0 aromatic heterocycles. The van der Waals surface area contributed by atoms with Crippen LogP contribution in [0.1, 0.15) is 21.5 Å². The van der Waals surface area contributed by atoms with E-state index in [1.54, 1.807) is 0 Å². The lowest BCUT2D eigenvalue weighted by molar-refractivity contribution is -0.384. The quantitative estimate of drug-likeness (QED) is 0.488. The molecule has 0 saturated carbocycles. The normalized spacial score (nSPS) is 10.2. The molecule has 108 valence electrons. The van der Waals surface area contributed by atoms with Gasteiger partial charge in [-0.1, -0.05) is 41.4 Å². The fourth-order valence-corrected chi connectivity index (χ4v) is 1.95. The molecule has 0 radical (unpaired) electrons. The second kappa shape index (κ2) is 6.37. The van der Waals surface area contributed by atoms with E-state index < -0.39 is 10.9 Å². The summed E-state index contributed by atoms with van der Waals surface area (Å²) in [6.07, 6.45) is 0. The molecule has 0 N–H and O–H groups in total. The van der Waals surface area contributed by atoms with Crippen molar-refractivity contribution in [2.75, 3.05) is 0 Å². The molecule has 0 fully saturated rings. The highest BCUT2D eigenvalue weighted by atomic mass is 35.5. The first-order valence-corrected chi connectivity index (χ1v) is 6.52. The number of aryl methyl sites for hydroxylation is 1. The maximum atomic E-state index is 11.9. The standard InChI is InChI=1S/C15H12ClNO4/c1-10-2-4-11(5-3-10)9-21-15(18)13-7-6-12(17(19)20)8-14(13)16/h2-8H,9H2,1H3. The number of rotatable bonds is 4. The van der Waals surface area contributed by atoms with Crippen LogP contribution in [0.5, 0.6) is 0 Å². The number of nitro groups is 1. The van der Waals surface area contributed by atoms with Gasteiger partial charge >= 0.3 is 5.97 Å². The molecule has 0 saturated heterocycles. The van der Waals surface area contributed by atoms with Crippen molar-refractivity contribution in [3.05, 3.63) is 74.3 Å². The summed E-state index contributed by atoms with van der Waals surface area (Å²) >= 11 is 5.87. The van der Waals surface area contributed by atoms with E-state index in [1.807, 2.05) is 31.2 Å². The highest BCUT2D eigenvalue weighted by Crippen LogP contribution is 2.23. The molecule has 21 heavy (non-hydrogen) atoms. The molecular formula is C15H12ClNO4. The Balaban J connectivity index is 2.06. The van der Waals surface area contributed by atoms with Gasteiger partial charge in [-0.05, 0) is 18.6 Å². The summed E-state index contributed by atoms with van der Waals surface area (Å²) in [6, 6.07) is 11.2. The van der Waals surface area contributed by atoms with Gasteiger partial charge in [-0.25, -0.2) is 4.79 Å². The molecule has 0 aliphatic rings. The van der Waals surface area contributed by atoms with E-state index >= 15 is 0 Å². The average molecular weight is 306 g/mol. The predicted octanol–water partition coefficient (Wildman–Crippen LogP) is 3.91. The zero-order chi connectivity index (χ0) is 15.4. The zero-order valence-electron chi connectivity index (χ0n) is 11.2. The molecule has 0 bridgehead atoms. The van der Waals surface area contributed by atoms with E-state index in [0.717, 1.165) is 17.2 Å². The highest BCUT2D eigenvalue weighted by molar-refractivity contribution is 6.33. The molecule has 0 unspecified atom stereocenters. The zero-order valence-corrected chi connectivity index (χ0v) is 12.0. The topological polar surface area (TPSA) is 69.4 Å². The number of nitro benzene ring substituents is 1. The number of carbonyl (C=O) groups is 1. The van der Waals surface area contributed by atoms with Crippen LogP contribution in [0.15, 0.2) is 42.5 Å². The lowest BCUT2D eigenvalue weighted by Gasteiger charge is -2.06. The summed E-state index contributed by atoms with van der Waals surface area (Å²) in [5.41, 5.74) is 1.90. The van der Waals surface area contributed by atoms with Crippen LogP contribution in [0.25, 0.3) is 0 Å². The van der Waals surface area contributed by atoms with E-state index in [1.165, 1.54) is 12.1 Å². The molecule has 0 spiro atoms. The SMILES string of the molecule is Cc1ccc(COC(=O)c2ccc([N+](=O)[O-])cc2Cl)cc1. The monoisotopic (exact) mass is 305 g/mol. The number of hydrogen-bond donors (Lipinski definition) is 0. The molecule has 2 rings (SSSR count). The van der Waals surface area contributed by atoms with Gasteiger partial charge in [0.05, 0.1) is 15.5 Å². The van der Waals surface area contributed by atoms with Crippen LogP contribution in [0, 0.1) is 17.0 Å². The van der Waals surface area contributed by atoms with Crippen molar-refractivity contribution in [2.45, 2.75) is 13.5 Å². The third kappa shape index (κ3) is 3.79. The molecule has 0 aliphatic carbocycles. The van der Waals surface area contributed by atoms with Crippen LogP contribution in [0.4, 0.5) is 5.69 Å². The average Bonchev–Trinajstić information content (AvgIpc) is 2.46. The van der Waals surface area contributed by atoms with Crippen molar-refractivity contribution >= 4 is 23.3 Å². The Labute approximate surface area is 126 Å². The Hall–Kier alpha value is -2.40. The number of carbonyl (C=O) groups excluding carboxylic acids is 1. The molecule has 0 heterocycles. The fraction of sp³-hybridized carbons (Fsp3) is 0.133. The number of halogens is 1. The smallest absolute Gasteiger partial charge is 0.339 e. The van der Waals surface area contributed by atoms with Crippen molar-refractivity contribution in [1.29, 1.82) is 0 Å². The minimum absolute atomic E-state index is 0.00175. The van der Waals surface area contributed by atoms with Crippen LogP contribution in [0.2, 0.25) is 5.02 Å². The van der Waals surface area contributed by atoms with Crippen LogP contribution in [0.3, 0.4) is 0 Å². The number of benzene rings is 2. The van der Waals surface area contributed by atoms with Crippen LogP contribution in [-0.2, 0) is 11.3 Å². The molecule has 5 nitrogen and oxygen atoms in total. The van der Waals surface area contributed by atoms with Gasteiger partial charge in [-0.15, -0.1) is 0 Å². The summed E-state index contributed by atoms with van der Waals surface area (Å²) in [7, 11) is 0. The minimum Gasteiger partial charge on any atom is -0.457 e. The largest absolute Gasteiger partial charge is 0.457 e. The molecule has 0 atom stereocenters. The van der Waals surface area contributed by atoms with Gasteiger partial charge in [-0.2, -0.15) is 0 Å². The van der Waals surface area contributed by atoms with Crippen molar-refractivity contribution in [2.24, 2.45) is 0 Å². The molecule has 0 aliphatic heterocycles. The van der Waals surface area contributed by atoms with Crippen molar-refractivity contribution < 1.29 is 14.5 Å². The van der Waals surface area contributed by atoms with E-state index in [2.05, 4.69) is 0 Å². The van der Waals surface area contributed by atoms with Crippen LogP contribution < -0.4 is 0 Å². The summed E-state index contributed by atoms with van der Waals surface area (Å²) in [5, 5.41) is 10.6. The number of ether oxygens (including phenoxy) is 1. The van der Waals surface area contributed by atoms with Crippen LogP contribution >= 0.6 is 11.6 Å². The molecule has 0 amide bonds. The van der Waals surface area contributed by atoms with Gasteiger partial charge in [0.1, 0.15) is 6.61 Å². The number of non-ortho nitro benzene ring substituents is 1. The van der Waals surface area contributed by atoms with Gasteiger partial charge < -0.3 is 4.74 Å².